The van der Waals surface area contributed by atoms with E-state index in [2.05, 4.69) is 15.3 Å². The van der Waals surface area contributed by atoms with Crippen LogP contribution in [0.1, 0.15) is 47.7 Å². The third-order valence-corrected chi connectivity index (χ3v) is 3.98. The van der Waals surface area contributed by atoms with Gasteiger partial charge in [0.25, 0.3) is 0 Å². The lowest BCUT2D eigenvalue weighted by Gasteiger charge is -2.26. The minimum atomic E-state index is -0.359. The number of ether oxygens (including phenoxy) is 2. The zero-order chi connectivity index (χ0) is 13.9. The molecule has 1 aromatic heterocycles. The maximum atomic E-state index is 11.8. The topological polar surface area (TPSA) is 73.3 Å². The zero-order valence-electron chi connectivity index (χ0n) is 11.6. The molecule has 0 radical (unpaired) electrons. The van der Waals surface area contributed by atoms with E-state index >= 15 is 0 Å². The monoisotopic (exact) mass is 277 g/mol. The number of anilines is 1. The fraction of sp³-hybridized carbons (Fsp3) is 0.643. The number of hydrogen-bond donors (Lipinski definition) is 1. The Bertz CT molecular complexity index is 496. The first-order chi connectivity index (χ1) is 9.78. The Hall–Kier alpha value is -1.69. The lowest BCUT2D eigenvalue weighted by molar-refractivity contribution is 0.0597. The van der Waals surface area contributed by atoms with Crippen LogP contribution in [0.15, 0.2) is 6.20 Å². The predicted octanol–water partition coefficient (Wildman–Crippen LogP) is 1.73. The average Bonchev–Trinajstić information content (AvgIpc) is 2.89. The maximum Gasteiger partial charge on any atom is 0.341 e. The van der Waals surface area contributed by atoms with Crippen molar-refractivity contribution in [3.05, 3.63) is 17.5 Å². The third kappa shape index (κ3) is 2.60. The van der Waals surface area contributed by atoms with Crippen LogP contribution in [0.2, 0.25) is 0 Å². The summed E-state index contributed by atoms with van der Waals surface area (Å²) in [6.07, 6.45) is 5.87. The molecule has 1 aliphatic heterocycles. The summed E-state index contributed by atoms with van der Waals surface area (Å²) in [6.45, 7) is 1.45. The van der Waals surface area contributed by atoms with Gasteiger partial charge in [-0.2, -0.15) is 0 Å². The largest absolute Gasteiger partial charge is 0.465 e. The molecule has 6 heteroatoms. The molecule has 1 aliphatic carbocycles. The Morgan fingerprint density at radius 3 is 2.90 bits per heavy atom. The normalized spacial score (nSPS) is 22.4. The molecule has 2 aliphatic rings. The fourth-order valence-corrected chi connectivity index (χ4v) is 2.56. The van der Waals surface area contributed by atoms with E-state index in [1.54, 1.807) is 6.20 Å². The Kier molecular flexibility index (Phi) is 3.82. The molecule has 1 unspecified atom stereocenters. The predicted molar refractivity (Wildman–Crippen MR) is 72.8 cm³/mol. The van der Waals surface area contributed by atoms with E-state index < -0.39 is 0 Å². The molecular formula is C14H19N3O3. The number of hydrogen-bond acceptors (Lipinski definition) is 6. The van der Waals surface area contributed by atoms with Gasteiger partial charge in [0.15, 0.2) is 0 Å². The van der Waals surface area contributed by atoms with Crippen LogP contribution in [0.25, 0.3) is 0 Å². The molecular weight excluding hydrogens is 258 g/mol. The van der Waals surface area contributed by atoms with Gasteiger partial charge in [0.1, 0.15) is 0 Å². The molecule has 1 aromatic rings. The molecule has 108 valence electrons. The number of esters is 1. The Morgan fingerprint density at radius 1 is 1.45 bits per heavy atom. The number of aromatic nitrogens is 2. The number of carbonyl (C=O) groups excluding carboxylic acids is 1. The summed E-state index contributed by atoms with van der Waals surface area (Å²) in [4.78, 5) is 20.6. The molecule has 3 rings (SSSR count). The lowest BCUT2D eigenvalue weighted by atomic mass is 9.81. The van der Waals surface area contributed by atoms with Gasteiger partial charge in [-0.25, -0.2) is 14.8 Å². The molecule has 0 bridgehead atoms. The molecule has 2 heterocycles. The summed E-state index contributed by atoms with van der Waals surface area (Å²) in [7, 11) is 1.38. The molecule has 2 fully saturated rings. The lowest BCUT2D eigenvalue weighted by Crippen LogP contribution is -2.23. The van der Waals surface area contributed by atoms with Crippen molar-refractivity contribution in [1.82, 2.24) is 9.97 Å². The van der Waals surface area contributed by atoms with Gasteiger partial charge in [-0.05, 0) is 19.3 Å². The molecule has 1 saturated carbocycles. The molecule has 1 atom stereocenters. The van der Waals surface area contributed by atoms with E-state index in [1.807, 2.05) is 0 Å². The summed E-state index contributed by atoms with van der Waals surface area (Å²) >= 11 is 0. The van der Waals surface area contributed by atoms with Crippen LogP contribution < -0.4 is 5.32 Å². The van der Waals surface area contributed by atoms with Crippen molar-refractivity contribution >= 4 is 11.9 Å². The number of nitrogens with zero attached hydrogens (tertiary/aromatic N) is 2. The van der Waals surface area contributed by atoms with Crippen LogP contribution in [0, 0.1) is 0 Å². The molecule has 0 amide bonds. The number of carbonyl (C=O) groups is 1. The van der Waals surface area contributed by atoms with E-state index in [9.17, 15) is 4.79 Å². The van der Waals surface area contributed by atoms with Gasteiger partial charge >= 0.3 is 5.97 Å². The summed E-state index contributed by atoms with van der Waals surface area (Å²) in [5.74, 6) is 0.574. The average molecular weight is 277 g/mol. The first kappa shape index (κ1) is 13.3. The Labute approximate surface area is 117 Å². The molecule has 0 spiro atoms. The van der Waals surface area contributed by atoms with Crippen molar-refractivity contribution in [1.29, 1.82) is 0 Å². The van der Waals surface area contributed by atoms with Crippen molar-refractivity contribution in [2.45, 2.75) is 37.6 Å². The number of nitrogens with one attached hydrogen (secondary N) is 1. The van der Waals surface area contributed by atoms with Crippen LogP contribution in [-0.2, 0) is 9.47 Å². The smallest absolute Gasteiger partial charge is 0.341 e. The first-order valence-electron chi connectivity index (χ1n) is 7.07. The van der Waals surface area contributed by atoms with Crippen molar-refractivity contribution in [3.63, 3.8) is 0 Å². The summed E-state index contributed by atoms with van der Waals surface area (Å²) in [5.41, 5.74) is 1.31. The van der Waals surface area contributed by atoms with Crippen LogP contribution in [0.4, 0.5) is 5.95 Å². The highest BCUT2D eigenvalue weighted by Crippen LogP contribution is 2.37. The first-order valence-corrected chi connectivity index (χ1v) is 7.07. The van der Waals surface area contributed by atoms with Gasteiger partial charge in [-0.15, -0.1) is 0 Å². The number of rotatable bonds is 4. The SMILES string of the molecule is COC(=O)c1cnc(NC2CCOC2)nc1C1CCC1. The van der Waals surface area contributed by atoms with E-state index in [4.69, 9.17) is 9.47 Å². The second-order valence-electron chi connectivity index (χ2n) is 5.32. The van der Waals surface area contributed by atoms with Gasteiger partial charge in [0.05, 0.1) is 31.0 Å². The minimum Gasteiger partial charge on any atom is -0.465 e. The fourth-order valence-electron chi connectivity index (χ4n) is 2.56. The van der Waals surface area contributed by atoms with E-state index in [0.29, 0.717) is 24.0 Å². The molecule has 6 nitrogen and oxygen atoms in total. The second kappa shape index (κ2) is 5.75. The van der Waals surface area contributed by atoms with Gasteiger partial charge in [0.2, 0.25) is 5.95 Å². The molecule has 1 saturated heterocycles. The van der Waals surface area contributed by atoms with Gasteiger partial charge < -0.3 is 14.8 Å². The van der Waals surface area contributed by atoms with Crippen molar-refractivity contribution in [2.24, 2.45) is 0 Å². The van der Waals surface area contributed by atoms with Crippen LogP contribution in [0.3, 0.4) is 0 Å². The Morgan fingerprint density at radius 2 is 2.30 bits per heavy atom. The van der Waals surface area contributed by atoms with Gasteiger partial charge in [-0.1, -0.05) is 6.42 Å². The van der Waals surface area contributed by atoms with Crippen LogP contribution in [0.5, 0.6) is 0 Å². The molecule has 1 N–H and O–H groups in total. The summed E-state index contributed by atoms with van der Waals surface area (Å²) in [5, 5.41) is 3.27. The summed E-state index contributed by atoms with van der Waals surface area (Å²) in [6, 6.07) is 0.258. The van der Waals surface area contributed by atoms with Gasteiger partial charge in [0, 0.05) is 18.7 Å². The van der Waals surface area contributed by atoms with Crippen LogP contribution in [-0.4, -0.2) is 42.3 Å². The van der Waals surface area contributed by atoms with Crippen LogP contribution >= 0.6 is 0 Å². The van der Waals surface area contributed by atoms with E-state index in [0.717, 1.165) is 31.6 Å². The highest BCUT2D eigenvalue weighted by molar-refractivity contribution is 5.90. The molecule has 0 aromatic carbocycles. The zero-order valence-corrected chi connectivity index (χ0v) is 11.6. The standard InChI is InChI=1S/C14H19N3O3/c1-19-13(18)11-7-15-14(16-10-5-6-20-8-10)17-12(11)9-3-2-4-9/h7,9-10H,2-6,8H2,1H3,(H,15,16,17). The minimum absolute atomic E-state index is 0.258. The highest BCUT2D eigenvalue weighted by Gasteiger charge is 2.28. The van der Waals surface area contributed by atoms with E-state index in [-0.39, 0.29) is 12.0 Å². The second-order valence-corrected chi connectivity index (χ2v) is 5.32. The van der Waals surface area contributed by atoms with Crippen molar-refractivity contribution < 1.29 is 14.3 Å². The summed E-state index contributed by atoms with van der Waals surface area (Å²) < 4.78 is 10.1. The van der Waals surface area contributed by atoms with E-state index in [1.165, 1.54) is 13.5 Å². The quantitative estimate of drug-likeness (QED) is 0.845. The maximum absolute atomic E-state index is 11.8. The van der Waals surface area contributed by atoms with Crippen molar-refractivity contribution in [3.8, 4) is 0 Å². The highest BCUT2D eigenvalue weighted by atomic mass is 16.5. The Balaban J connectivity index is 1.83. The third-order valence-electron chi connectivity index (χ3n) is 3.98. The van der Waals surface area contributed by atoms with Crippen molar-refractivity contribution in [2.75, 3.05) is 25.6 Å². The van der Waals surface area contributed by atoms with Gasteiger partial charge in [-0.3, -0.25) is 0 Å². The molecule has 20 heavy (non-hydrogen) atoms. The number of methoxy groups -OCH3 is 1.